The van der Waals surface area contributed by atoms with Crippen LogP contribution in [0.15, 0.2) is 0 Å². The number of piperidine rings is 1. The van der Waals surface area contributed by atoms with Crippen molar-refractivity contribution < 1.29 is 9.90 Å². The lowest BCUT2D eigenvalue weighted by molar-refractivity contribution is -0.122. The summed E-state index contributed by atoms with van der Waals surface area (Å²) < 4.78 is 0. The predicted molar refractivity (Wildman–Crippen MR) is 75.9 cm³/mol. The van der Waals surface area contributed by atoms with Gasteiger partial charge in [-0.05, 0) is 38.1 Å². The van der Waals surface area contributed by atoms with Gasteiger partial charge in [-0.25, -0.2) is 0 Å². The fourth-order valence-electron chi connectivity index (χ4n) is 3.45. The molecule has 1 aliphatic carbocycles. The van der Waals surface area contributed by atoms with Crippen molar-refractivity contribution in [3.05, 3.63) is 0 Å². The van der Waals surface area contributed by atoms with Gasteiger partial charge in [-0.2, -0.15) is 0 Å². The topological polar surface area (TPSA) is 52.6 Å². The molecule has 0 spiro atoms. The van der Waals surface area contributed by atoms with E-state index in [9.17, 15) is 9.90 Å². The summed E-state index contributed by atoms with van der Waals surface area (Å²) in [7, 11) is 0. The fraction of sp³-hybridized carbons (Fsp3) is 0.933. The van der Waals surface area contributed by atoms with Crippen LogP contribution in [0.1, 0.15) is 51.4 Å². The second-order valence-electron chi connectivity index (χ2n) is 6.07. The van der Waals surface area contributed by atoms with Crippen molar-refractivity contribution in [2.24, 2.45) is 5.92 Å². The van der Waals surface area contributed by atoms with Crippen molar-refractivity contribution >= 4 is 5.91 Å². The minimum absolute atomic E-state index is 0.212. The van der Waals surface area contributed by atoms with Crippen LogP contribution >= 0.6 is 0 Å². The minimum Gasteiger partial charge on any atom is -0.395 e. The first kappa shape index (κ1) is 14.8. The van der Waals surface area contributed by atoms with Gasteiger partial charge in [-0.1, -0.05) is 19.3 Å². The lowest BCUT2D eigenvalue weighted by atomic mass is 10.0. The third-order valence-corrected chi connectivity index (χ3v) is 4.63. The van der Waals surface area contributed by atoms with Crippen LogP contribution in [0.25, 0.3) is 0 Å². The molecule has 2 N–H and O–H groups in total. The van der Waals surface area contributed by atoms with Crippen LogP contribution in [0.4, 0.5) is 0 Å². The molecule has 110 valence electrons. The summed E-state index contributed by atoms with van der Waals surface area (Å²) in [4.78, 5) is 14.1. The van der Waals surface area contributed by atoms with Gasteiger partial charge < -0.3 is 10.4 Å². The average Bonchev–Trinajstić information content (AvgIpc) is 2.92. The number of aliphatic hydroxyl groups is 1. The SMILES string of the molecule is O=C(CC1CCCC1)NCCN1CCCC[C@H]1CO. The molecule has 0 aromatic heterocycles. The van der Waals surface area contributed by atoms with Crippen molar-refractivity contribution in [1.29, 1.82) is 0 Å². The van der Waals surface area contributed by atoms with Gasteiger partial charge in [0, 0.05) is 25.6 Å². The van der Waals surface area contributed by atoms with Gasteiger partial charge in [-0.15, -0.1) is 0 Å². The molecule has 4 heteroatoms. The molecule has 2 rings (SSSR count). The van der Waals surface area contributed by atoms with E-state index in [-0.39, 0.29) is 12.5 Å². The molecule has 1 saturated carbocycles. The number of nitrogens with zero attached hydrogens (tertiary/aromatic N) is 1. The third kappa shape index (κ3) is 4.77. The molecule has 0 radical (unpaired) electrons. The van der Waals surface area contributed by atoms with E-state index in [1.54, 1.807) is 0 Å². The zero-order chi connectivity index (χ0) is 13.5. The highest BCUT2D eigenvalue weighted by molar-refractivity contribution is 5.76. The summed E-state index contributed by atoms with van der Waals surface area (Å²) in [5.74, 6) is 0.838. The lowest BCUT2D eigenvalue weighted by Gasteiger charge is -2.34. The van der Waals surface area contributed by atoms with E-state index in [0.717, 1.165) is 26.1 Å². The minimum atomic E-state index is 0.212. The highest BCUT2D eigenvalue weighted by Gasteiger charge is 2.22. The summed E-state index contributed by atoms with van der Waals surface area (Å²) in [6.45, 7) is 2.91. The maximum Gasteiger partial charge on any atom is 0.220 e. The number of hydrogen-bond donors (Lipinski definition) is 2. The lowest BCUT2D eigenvalue weighted by Crippen LogP contribution is -2.45. The number of carbonyl (C=O) groups excluding carboxylic acids is 1. The quantitative estimate of drug-likeness (QED) is 0.768. The first-order valence-corrected chi connectivity index (χ1v) is 7.91. The number of carbonyl (C=O) groups is 1. The van der Waals surface area contributed by atoms with E-state index in [4.69, 9.17) is 0 Å². The Morgan fingerprint density at radius 2 is 1.89 bits per heavy atom. The van der Waals surface area contributed by atoms with Gasteiger partial charge in [0.05, 0.1) is 6.61 Å². The van der Waals surface area contributed by atoms with Crippen LogP contribution in [0, 0.1) is 5.92 Å². The van der Waals surface area contributed by atoms with E-state index >= 15 is 0 Å². The summed E-state index contributed by atoms with van der Waals surface area (Å²) in [6.07, 6.45) is 9.28. The van der Waals surface area contributed by atoms with Gasteiger partial charge in [-0.3, -0.25) is 9.69 Å². The van der Waals surface area contributed by atoms with E-state index in [2.05, 4.69) is 10.2 Å². The maximum absolute atomic E-state index is 11.8. The zero-order valence-electron chi connectivity index (χ0n) is 11.9. The van der Waals surface area contributed by atoms with Gasteiger partial charge >= 0.3 is 0 Å². The van der Waals surface area contributed by atoms with Crippen molar-refractivity contribution in [2.45, 2.75) is 57.4 Å². The summed E-state index contributed by atoms with van der Waals surface area (Å²) in [6, 6.07) is 0.306. The largest absolute Gasteiger partial charge is 0.395 e. The second-order valence-corrected chi connectivity index (χ2v) is 6.07. The molecule has 1 aliphatic heterocycles. The number of amides is 1. The van der Waals surface area contributed by atoms with Crippen molar-refractivity contribution in [2.75, 3.05) is 26.2 Å². The molecule has 0 aromatic carbocycles. The first-order chi connectivity index (χ1) is 9.29. The van der Waals surface area contributed by atoms with Crippen LogP contribution in [0.2, 0.25) is 0 Å². The number of likely N-dealkylation sites (tertiary alicyclic amines) is 1. The summed E-state index contributed by atoms with van der Waals surface area (Å²) in [5.41, 5.74) is 0. The zero-order valence-corrected chi connectivity index (χ0v) is 11.9. The van der Waals surface area contributed by atoms with Gasteiger partial charge in [0.2, 0.25) is 5.91 Å². The van der Waals surface area contributed by atoms with Crippen molar-refractivity contribution in [3.8, 4) is 0 Å². The molecule has 0 aromatic rings. The smallest absolute Gasteiger partial charge is 0.220 e. The Kier molecular flexibility index (Phi) is 6.11. The Hall–Kier alpha value is -0.610. The molecule has 4 nitrogen and oxygen atoms in total. The Balaban J connectivity index is 1.60. The molecule has 1 saturated heterocycles. The molecule has 1 atom stereocenters. The van der Waals surface area contributed by atoms with E-state index < -0.39 is 0 Å². The van der Waals surface area contributed by atoms with Crippen molar-refractivity contribution in [1.82, 2.24) is 10.2 Å². The van der Waals surface area contributed by atoms with Crippen LogP contribution < -0.4 is 5.32 Å². The third-order valence-electron chi connectivity index (χ3n) is 4.63. The Morgan fingerprint density at radius 1 is 1.16 bits per heavy atom. The Labute approximate surface area is 116 Å². The van der Waals surface area contributed by atoms with Crippen LogP contribution in [0.5, 0.6) is 0 Å². The van der Waals surface area contributed by atoms with Crippen LogP contribution in [-0.4, -0.2) is 48.2 Å². The van der Waals surface area contributed by atoms with Crippen LogP contribution in [-0.2, 0) is 4.79 Å². The summed E-state index contributed by atoms with van der Waals surface area (Å²) >= 11 is 0. The highest BCUT2D eigenvalue weighted by Crippen LogP contribution is 2.27. The number of nitrogens with one attached hydrogen (secondary N) is 1. The van der Waals surface area contributed by atoms with E-state index in [1.165, 1.54) is 38.5 Å². The average molecular weight is 268 g/mol. The molecule has 2 aliphatic rings. The molecular formula is C15H28N2O2. The number of aliphatic hydroxyl groups excluding tert-OH is 1. The predicted octanol–water partition coefficient (Wildman–Crippen LogP) is 1.53. The second kappa shape index (κ2) is 7.85. The number of rotatable bonds is 6. The fourth-order valence-corrected chi connectivity index (χ4v) is 3.45. The molecule has 1 heterocycles. The van der Waals surface area contributed by atoms with Crippen molar-refractivity contribution in [3.63, 3.8) is 0 Å². The standard InChI is InChI=1S/C15H28N2O2/c18-12-14-7-3-4-9-17(14)10-8-16-15(19)11-13-5-1-2-6-13/h13-14,18H,1-12H2,(H,16,19)/t14-/m0/s1. The Bertz CT molecular complexity index is 277. The van der Waals surface area contributed by atoms with E-state index in [1.807, 2.05) is 0 Å². The Morgan fingerprint density at radius 3 is 2.63 bits per heavy atom. The summed E-state index contributed by atoms with van der Waals surface area (Å²) in [5, 5.41) is 12.4. The number of hydrogen-bond acceptors (Lipinski definition) is 3. The molecular weight excluding hydrogens is 240 g/mol. The molecule has 19 heavy (non-hydrogen) atoms. The van der Waals surface area contributed by atoms with Crippen LogP contribution in [0.3, 0.4) is 0 Å². The first-order valence-electron chi connectivity index (χ1n) is 7.91. The van der Waals surface area contributed by atoms with Gasteiger partial charge in [0.1, 0.15) is 0 Å². The normalized spacial score (nSPS) is 25.6. The van der Waals surface area contributed by atoms with E-state index in [0.29, 0.717) is 18.4 Å². The molecule has 1 amide bonds. The highest BCUT2D eigenvalue weighted by atomic mass is 16.3. The van der Waals surface area contributed by atoms with Gasteiger partial charge in [0.25, 0.3) is 0 Å². The monoisotopic (exact) mass is 268 g/mol. The molecule has 2 fully saturated rings. The molecule has 0 bridgehead atoms. The maximum atomic E-state index is 11.8. The molecule has 0 unspecified atom stereocenters. The van der Waals surface area contributed by atoms with Gasteiger partial charge in [0.15, 0.2) is 0 Å².